The molecule has 0 aliphatic carbocycles. The first-order chi connectivity index (χ1) is 10.5. The van der Waals surface area contributed by atoms with Crippen molar-refractivity contribution in [3.8, 4) is 17.2 Å². The molecule has 0 spiro atoms. The Labute approximate surface area is 134 Å². The summed E-state index contributed by atoms with van der Waals surface area (Å²) in [6, 6.07) is 8.67. The van der Waals surface area contributed by atoms with Crippen molar-refractivity contribution in [1.29, 1.82) is 0 Å². The molecule has 0 saturated heterocycles. The molecule has 0 fully saturated rings. The molecule has 0 atom stereocenters. The number of hydrogen-bond acceptors (Lipinski definition) is 4. The maximum absolute atomic E-state index is 13.0. The number of halogens is 1. The van der Waals surface area contributed by atoms with E-state index in [0.29, 0.717) is 33.4 Å². The number of rotatable bonds is 5. The van der Waals surface area contributed by atoms with Gasteiger partial charge in [-0.3, -0.25) is 4.79 Å². The SMILES string of the molecule is COc1ccc(OC)c(C(=O)c2c(C)cccc2Cl)c1OC. The average Bonchev–Trinajstić information content (AvgIpc) is 2.52. The smallest absolute Gasteiger partial charge is 0.202 e. The van der Waals surface area contributed by atoms with Crippen LogP contribution in [0.4, 0.5) is 0 Å². The topological polar surface area (TPSA) is 44.8 Å². The fourth-order valence-corrected chi connectivity index (χ4v) is 2.65. The van der Waals surface area contributed by atoms with E-state index in [1.165, 1.54) is 21.3 Å². The van der Waals surface area contributed by atoms with Gasteiger partial charge in [0.15, 0.2) is 11.5 Å². The number of carbonyl (C=O) groups is 1. The van der Waals surface area contributed by atoms with Crippen molar-refractivity contribution in [2.75, 3.05) is 21.3 Å². The Morgan fingerprint density at radius 2 is 1.55 bits per heavy atom. The average molecular weight is 321 g/mol. The summed E-state index contributed by atoms with van der Waals surface area (Å²) in [5.41, 5.74) is 1.50. The van der Waals surface area contributed by atoms with Crippen LogP contribution >= 0.6 is 11.6 Å². The van der Waals surface area contributed by atoms with Crippen molar-refractivity contribution in [2.45, 2.75) is 6.92 Å². The van der Waals surface area contributed by atoms with E-state index in [1.807, 2.05) is 13.0 Å². The van der Waals surface area contributed by atoms with Crippen LogP contribution < -0.4 is 14.2 Å². The third-order valence-electron chi connectivity index (χ3n) is 3.40. The van der Waals surface area contributed by atoms with E-state index >= 15 is 0 Å². The van der Waals surface area contributed by atoms with Crippen LogP contribution in [-0.2, 0) is 0 Å². The van der Waals surface area contributed by atoms with Gasteiger partial charge in [0.2, 0.25) is 5.78 Å². The van der Waals surface area contributed by atoms with Crippen LogP contribution in [0.3, 0.4) is 0 Å². The molecule has 0 aliphatic rings. The molecule has 0 unspecified atom stereocenters. The lowest BCUT2D eigenvalue weighted by Gasteiger charge is -2.16. The molecule has 0 aromatic heterocycles. The number of ketones is 1. The number of hydrogen-bond donors (Lipinski definition) is 0. The summed E-state index contributed by atoms with van der Waals surface area (Å²) in [4.78, 5) is 13.0. The summed E-state index contributed by atoms with van der Waals surface area (Å²) in [5, 5.41) is 0.386. The van der Waals surface area contributed by atoms with Gasteiger partial charge in [0.05, 0.1) is 26.4 Å². The quantitative estimate of drug-likeness (QED) is 0.784. The third-order valence-corrected chi connectivity index (χ3v) is 3.72. The minimum absolute atomic E-state index is 0.268. The monoisotopic (exact) mass is 320 g/mol. The Kier molecular flexibility index (Phi) is 4.93. The van der Waals surface area contributed by atoms with E-state index < -0.39 is 0 Å². The number of carbonyl (C=O) groups excluding carboxylic acids is 1. The van der Waals surface area contributed by atoms with Crippen LogP contribution in [0.2, 0.25) is 5.02 Å². The second-order valence-electron chi connectivity index (χ2n) is 4.64. The highest BCUT2D eigenvalue weighted by Crippen LogP contribution is 2.39. The zero-order valence-corrected chi connectivity index (χ0v) is 13.7. The molecule has 5 heteroatoms. The maximum Gasteiger partial charge on any atom is 0.202 e. The van der Waals surface area contributed by atoms with E-state index in [0.717, 1.165) is 5.56 Å². The van der Waals surface area contributed by atoms with Gasteiger partial charge in [0.1, 0.15) is 11.3 Å². The summed E-state index contributed by atoms with van der Waals surface area (Å²) >= 11 is 6.21. The van der Waals surface area contributed by atoms with Gasteiger partial charge in [-0.05, 0) is 30.7 Å². The summed E-state index contributed by atoms with van der Waals surface area (Å²) < 4.78 is 15.9. The normalized spacial score (nSPS) is 10.2. The van der Waals surface area contributed by atoms with E-state index in [9.17, 15) is 4.79 Å². The summed E-state index contributed by atoms with van der Waals surface area (Å²) in [5.74, 6) is 0.917. The Balaban J connectivity index is 2.72. The molecule has 0 N–H and O–H groups in total. The molecule has 0 amide bonds. The van der Waals surface area contributed by atoms with Crippen molar-refractivity contribution >= 4 is 17.4 Å². The largest absolute Gasteiger partial charge is 0.496 e. The van der Waals surface area contributed by atoms with Gasteiger partial charge < -0.3 is 14.2 Å². The van der Waals surface area contributed by atoms with Gasteiger partial charge in [-0.2, -0.15) is 0 Å². The second-order valence-corrected chi connectivity index (χ2v) is 5.05. The lowest BCUT2D eigenvalue weighted by atomic mass is 9.97. The first kappa shape index (κ1) is 16.2. The number of aryl methyl sites for hydroxylation is 1. The number of benzene rings is 2. The molecule has 0 aliphatic heterocycles. The molecule has 22 heavy (non-hydrogen) atoms. The van der Waals surface area contributed by atoms with E-state index in [-0.39, 0.29) is 5.78 Å². The molecule has 116 valence electrons. The zero-order valence-electron chi connectivity index (χ0n) is 12.9. The lowest BCUT2D eigenvalue weighted by Crippen LogP contribution is -2.09. The van der Waals surface area contributed by atoms with Crippen LogP contribution in [0.25, 0.3) is 0 Å². The Morgan fingerprint density at radius 1 is 0.909 bits per heavy atom. The minimum atomic E-state index is -0.268. The fourth-order valence-electron chi connectivity index (χ4n) is 2.34. The summed E-state index contributed by atoms with van der Waals surface area (Å²) in [6.45, 7) is 1.83. The molecule has 4 nitrogen and oxygen atoms in total. The fraction of sp³-hybridized carbons (Fsp3) is 0.235. The van der Waals surface area contributed by atoms with Crippen LogP contribution in [0.15, 0.2) is 30.3 Å². The maximum atomic E-state index is 13.0. The second kappa shape index (κ2) is 6.71. The van der Waals surface area contributed by atoms with Gasteiger partial charge in [0, 0.05) is 5.56 Å². The van der Waals surface area contributed by atoms with Gasteiger partial charge in [0.25, 0.3) is 0 Å². The lowest BCUT2D eigenvalue weighted by molar-refractivity contribution is 0.103. The molecule has 2 aromatic carbocycles. The molecule has 0 saturated carbocycles. The predicted molar refractivity (Wildman–Crippen MR) is 85.7 cm³/mol. The van der Waals surface area contributed by atoms with Crippen LogP contribution in [-0.4, -0.2) is 27.1 Å². The van der Waals surface area contributed by atoms with Gasteiger partial charge in [-0.1, -0.05) is 23.7 Å². The highest BCUT2D eigenvalue weighted by molar-refractivity contribution is 6.35. The van der Waals surface area contributed by atoms with Crippen molar-refractivity contribution in [1.82, 2.24) is 0 Å². The van der Waals surface area contributed by atoms with Gasteiger partial charge in [-0.25, -0.2) is 0 Å². The van der Waals surface area contributed by atoms with E-state index in [1.54, 1.807) is 24.3 Å². The molecule has 2 aromatic rings. The van der Waals surface area contributed by atoms with Gasteiger partial charge >= 0.3 is 0 Å². The third kappa shape index (κ3) is 2.74. The van der Waals surface area contributed by atoms with E-state index in [4.69, 9.17) is 25.8 Å². The van der Waals surface area contributed by atoms with Gasteiger partial charge in [-0.15, -0.1) is 0 Å². The van der Waals surface area contributed by atoms with Crippen LogP contribution in [0.1, 0.15) is 21.5 Å². The highest BCUT2D eigenvalue weighted by Gasteiger charge is 2.26. The molecule has 0 radical (unpaired) electrons. The summed E-state index contributed by atoms with van der Waals surface area (Å²) in [7, 11) is 4.49. The summed E-state index contributed by atoms with van der Waals surface area (Å²) in [6.07, 6.45) is 0. The molecule has 2 rings (SSSR count). The van der Waals surface area contributed by atoms with E-state index in [2.05, 4.69) is 0 Å². The van der Waals surface area contributed by atoms with Crippen LogP contribution in [0, 0.1) is 6.92 Å². The zero-order chi connectivity index (χ0) is 16.3. The molecular formula is C17H17ClO4. The first-order valence-corrected chi connectivity index (χ1v) is 7.01. The number of methoxy groups -OCH3 is 3. The van der Waals surface area contributed by atoms with Crippen molar-refractivity contribution in [3.05, 3.63) is 52.0 Å². The minimum Gasteiger partial charge on any atom is -0.496 e. The molecule has 0 heterocycles. The molecule has 0 bridgehead atoms. The Hall–Kier alpha value is -2.20. The number of ether oxygens (including phenoxy) is 3. The van der Waals surface area contributed by atoms with Crippen LogP contribution in [0.5, 0.6) is 17.2 Å². The van der Waals surface area contributed by atoms with Crippen molar-refractivity contribution in [3.63, 3.8) is 0 Å². The first-order valence-electron chi connectivity index (χ1n) is 6.63. The Bertz CT molecular complexity index is 690. The van der Waals surface area contributed by atoms with Crippen molar-refractivity contribution in [2.24, 2.45) is 0 Å². The Morgan fingerprint density at radius 3 is 2.09 bits per heavy atom. The highest BCUT2D eigenvalue weighted by atomic mass is 35.5. The molecular weight excluding hydrogens is 304 g/mol. The standard InChI is InChI=1S/C17H17ClO4/c1-10-6-5-7-11(18)14(10)16(19)15-12(20-2)8-9-13(21-3)17(15)22-4/h5-9H,1-4H3. The van der Waals surface area contributed by atoms with Crippen molar-refractivity contribution < 1.29 is 19.0 Å². The predicted octanol–water partition coefficient (Wildman–Crippen LogP) is 3.91.